The summed E-state index contributed by atoms with van der Waals surface area (Å²) in [7, 11) is 0. The summed E-state index contributed by atoms with van der Waals surface area (Å²) >= 11 is 1.62. The molecule has 0 spiro atoms. The number of nitro benzene ring substituents is 1. The van der Waals surface area contributed by atoms with Crippen LogP contribution in [-0.2, 0) is 21.8 Å². The Hall–Kier alpha value is -2.84. The van der Waals surface area contributed by atoms with E-state index in [1.54, 1.807) is 23.9 Å². The van der Waals surface area contributed by atoms with E-state index in [4.69, 9.17) is 4.74 Å². The zero-order chi connectivity index (χ0) is 22.0. The molecular weight excluding hydrogens is 414 g/mol. The number of aromatic nitrogens is 1. The van der Waals surface area contributed by atoms with Crippen LogP contribution < -0.4 is 0 Å². The van der Waals surface area contributed by atoms with Gasteiger partial charge >= 0.3 is 0 Å². The maximum Gasteiger partial charge on any atom is 0.269 e. The number of amides is 1. The number of benzene rings is 2. The number of para-hydroxylation sites is 1. The second-order valence-electron chi connectivity index (χ2n) is 7.91. The molecule has 0 unspecified atom stereocenters. The molecule has 0 radical (unpaired) electrons. The quantitative estimate of drug-likeness (QED) is 0.322. The van der Waals surface area contributed by atoms with Gasteiger partial charge in [0.2, 0.25) is 5.91 Å². The molecule has 7 nitrogen and oxygen atoms in total. The Morgan fingerprint density at radius 3 is 2.65 bits per heavy atom. The van der Waals surface area contributed by atoms with Crippen LogP contribution in [0.2, 0.25) is 0 Å². The smallest absolute Gasteiger partial charge is 0.269 e. The summed E-state index contributed by atoms with van der Waals surface area (Å²) < 4.78 is 7.74. The molecular formula is C23H25N3O4S. The molecule has 1 saturated heterocycles. The summed E-state index contributed by atoms with van der Waals surface area (Å²) in [4.78, 5) is 26.6. The van der Waals surface area contributed by atoms with Gasteiger partial charge < -0.3 is 14.2 Å². The first-order chi connectivity index (χ1) is 14.9. The maximum absolute atomic E-state index is 13.0. The van der Waals surface area contributed by atoms with Crippen molar-refractivity contribution < 1.29 is 14.5 Å². The number of carbonyl (C=O) groups is 1. The van der Waals surface area contributed by atoms with Crippen molar-refractivity contribution in [3.05, 3.63) is 70.4 Å². The first kappa shape index (κ1) is 21.4. The molecule has 8 heteroatoms. The Morgan fingerprint density at radius 2 is 1.90 bits per heavy atom. The van der Waals surface area contributed by atoms with E-state index in [1.807, 2.05) is 59.8 Å². The first-order valence-corrected chi connectivity index (χ1v) is 11.3. The maximum atomic E-state index is 13.0. The Balaban J connectivity index is 1.53. The van der Waals surface area contributed by atoms with Crippen LogP contribution in [0, 0.1) is 10.1 Å². The number of hydrogen-bond donors (Lipinski definition) is 0. The van der Waals surface area contributed by atoms with Crippen molar-refractivity contribution in [3.63, 3.8) is 0 Å². The number of morpholine rings is 1. The SMILES string of the molecule is C[C@H]1CN(C(=O)Cn2cc(SCc3cccc([N+](=O)[O-])c3)c3ccccc32)C[C@H](C)O1. The fraction of sp³-hybridized carbons (Fsp3) is 0.348. The number of thioether (sulfide) groups is 1. The van der Waals surface area contributed by atoms with Gasteiger partial charge in [-0.05, 0) is 25.5 Å². The number of nitro groups is 1. The number of rotatable bonds is 6. The van der Waals surface area contributed by atoms with Gasteiger partial charge in [0, 0.05) is 53.0 Å². The monoisotopic (exact) mass is 439 g/mol. The van der Waals surface area contributed by atoms with E-state index in [2.05, 4.69) is 0 Å². The Morgan fingerprint density at radius 1 is 1.16 bits per heavy atom. The van der Waals surface area contributed by atoms with Crippen molar-refractivity contribution in [1.29, 1.82) is 0 Å². The average molecular weight is 440 g/mol. The van der Waals surface area contributed by atoms with E-state index in [0.29, 0.717) is 18.8 Å². The molecule has 1 aliphatic heterocycles. The average Bonchev–Trinajstić information content (AvgIpc) is 3.09. The van der Waals surface area contributed by atoms with Gasteiger partial charge in [0.15, 0.2) is 0 Å². The number of carbonyl (C=O) groups excluding carboxylic acids is 1. The van der Waals surface area contributed by atoms with Crippen LogP contribution in [0.4, 0.5) is 5.69 Å². The van der Waals surface area contributed by atoms with Gasteiger partial charge in [0.05, 0.1) is 17.1 Å². The van der Waals surface area contributed by atoms with Crippen molar-refractivity contribution >= 4 is 34.3 Å². The summed E-state index contributed by atoms with van der Waals surface area (Å²) in [5.41, 5.74) is 2.00. The summed E-state index contributed by atoms with van der Waals surface area (Å²) in [6.45, 7) is 5.47. The van der Waals surface area contributed by atoms with E-state index in [0.717, 1.165) is 21.4 Å². The molecule has 2 heterocycles. The van der Waals surface area contributed by atoms with Crippen LogP contribution in [0.1, 0.15) is 19.4 Å². The standard InChI is InChI=1S/C23H25N3O4S/c1-16-11-25(12-17(2)30-16)23(27)14-24-13-22(20-8-3-4-9-21(20)24)31-15-18-6-5-7-19(10-18)26(28)29/h3-10,13,16-17H,11-12,14-15H2,1-2H3/t16-,17-/m0/s1. The fourth-order valence-electron chi connectivity index (χ4n) is 4.01. The molecule has 162 valence electrons. The lowest BCUT2D eigenvalue weighted by atomic mass is 10.2. The van der Waals surface area contributed by atoms with Crippen LogP contribution in [0.25, 0.3) is 10.9 Å². The van der Waals surface area contributed by atoms with Crippen molar-refractivity contribution in [2.24, 2.45) is 0 Å². The van der Waals surface area contributed by atoms with Crippen LogP contribution in [-0.4, -0.2) is 45.6 Å². The first-order valence-electron chi connectivity index (χ1n) is 10.3. The molecule has 31 heavy (non-hydrogen) atoms. The minimum Gasteiger partial charge on any atom is -0.372 e. The normalized spacial score (nSPS) is 19.0. The van der Waals surface area contributed by atoms with Gasteiger partial charge in [-0.2, -0.15) is 0 Å². The largest absolute Gasteiger partial charge is 0.372 e. The van der Waals surface area contributed by atoms with E-state index in [1.165, 1.54) is 6.07 Å². The predicted octanol–water partition coefficient (Wildman–Crippen LogP) is 4.48. The Kier molecular flexibility index (Phi) is 6.29. The van der Waals surface area contributed by atoms with Gasteiger partial charge in [0.25, 0.3) is 5.69 Å². The number of ether oxygens (including phenoxy) is 1. The van der Waals surface area contributed by atoms with Gasteiger partial charge in [-0.1, -0.05) is 30.3 Å². The zero-order valence-electron chi connectivity index (χ0n) is 17.6. The fourth-order valence-corrected chi connectivity index (χ4v) is 5.04. The molecule has 0 aliphatic carbocycles. The van der Waals surface area contributed by atoms with Crippen molar-refractivity contribution in [1.82, 2.24) is 9.47 Å². The Bertz CT molecular complexity index is 1100. The molecule has 1 aromatic heterocycles. The van der Waals surface area contributed by atoms with E-state index in [9.17, 15) is 14.9 Å². The van der Waals surface area contributed by atoms with Gasteiger partial charge in [-0.15, -0.1) is 11.8 Å². The minimum absolute atomic E-state index is 0.0372. The molecule has 0 saturated carbocycles. The van der Waals surface area contributed by atoms with Crippen LogP contribution in [0.5, 0.6) is 0 Å². The highest BCUT2D eigenvalue weighted by atomic mass is 32.2. The van der Waals surface area contributed by atoms with E-state index >= 15 is 0 Å². The van der Waals surface area contributed by atoms with Crippen molar-refractivity contribution in [2.75, 3.05) is 13.1 Å². The second kappa shape index (κ2) is 9.11. The van der Waals surface area contributed by atoms with Crippen molar-refractivity contribution in [2.45, 2.75) is 43.2 Å². The molecule has 4 rings (SSSR count). The minimum atomic E-state index is -0.376. The summed E-state index contributed by atoms with van der Waals surface area (Å²) in [6.07, 6.45) is 2.09. The molecule has 1 fully saturated rings. The lowest BCUT2D eigenvalue weighted by Gasteiger charge is -2.35. The molecule has 0 N–H and O–H groups in total. The van der Waals surface area contributed by atoms with Crippen molar-refractivity contribution in [3.8, 4) is 0 Å². The summed E-state index contributed by atoms with van der Waals surface area (Å²) in [5.74, 6) is 0.695. The van der Waals surface area contributed by atoms with E-state index in [-0.39, 0.29) is 35.3 Å². The molecule has 0 bridgehead atoms. The highest BCUT2D eigenvalue weighted by molar-refractivity contribution is 7.98. The van der Waals surface area contributed by atoms with E-state index < -0.39 is 0 Å². The van der Waals surface area contributed by atoms with Crippen LogP contribution in [0.15, 0.2) is 59.6 Å². The molecule has 3 aromatic rings. The number of nitrogens with zero attached hydrogens (tertiary/aromatic N) is 3. The van der Waals surface area contributed by atoms with Crippen LogP contribution in [0.3, 0.4) is 0 Å². The highest BCUT2D eigenvalue weighted by Crippen LogP contribution is 2.33. The third-order valence-electron chi connectivity index (χ3n) is 5.35. The van der Waals surface area contributed by atoms with Gasteiger partial charge in [-0.3, -0.25) is 14.9 Å². The lowest BCUT2D eigenvalue weighted by molar-refractivity contribution is -0.384. The zero-order valence-corrected chi connectivity index (χ0v) is 18.4. The molecule has 2 atom stereocenters. The predicted molar refractivity (Wildman–Crippen MR) is 121 cm³/mol. The summed E-state index contributed by atoms with van der Waals surface area (Å²) in [5, 5.41) is 12.1. The second-order valence-corrected chi connectivity index (χ2v) is 8.93. The molecule has 2 aromatic carbocycles. The number of fused-ring (bicyclic) bond motifs is 1. The van der Waals surface area contributed by atoms with Gasteiger partial charge in [0.1, 0.15) is 6.54 Å². The number of non-ortho nitro benzene ring substituents is 1. The highest BCUT2D eigenvalue weighted by Gasteiger charge is 2.26. The third-order valence-corrected chi connectivity index (χ3v) is 6.46. The Labute approximate surface area is 185 Å². The number of hydrogen-bond acceptors (Lipinski definition) is 5. The third kappa shape index (κ3) is 4.91. The molecule has 1 amide bonds. The summed E-state index contributed by atoms with van der Waals surface area (Å²) in [6, 6.07) is 14.7. The van der Waals surface area contributed by atoms with Gasteiger partial charge in [-0.25, -0.2) is 0 Å². The lowest BCUT2D eigenvalue weighted by Crippen LogP contribution is -2.49. The molecule has 1 aliphatic rings. The topological polar surface area (TPSA) is 77.6 Å². The van der Waals surface area contributed by atoms with Crippen LogP contribution >= 0.6 is 11.8 Å².